The number of imidazole rings is 1. The third-order valence-electron chi connectivity index (χ3n) is 14.1. The first-order chi connectivity index (χ1) is 36.1. The second kappa shape index (κ2) is 19.9. The maximum Gasteiger partial charge on any atom is 0.148 e. The molecule has 0 atom stereocenters. The number of aryl methyl sites for hydroxylation is 1. The predicted molar refractivity (Wildman–Crippen MR) is 299 cm³/mol. The molecule has 0 saturated carbocycles. The number of benzene rings is 9. The summed E-state index contributed by atoms with van der Waals surface area (Å²) in [6.45, 7) is 8.87. The molecule has 0 aliphatic rings. The predicted octanol–water partition coefficient (Wildman–Crippen LogP) is 17.5. The van der Waals surface area contributed by atoms with Gasteiger partial charge < -0.3 is 5.11 Å². The van der Waals surface area contributed by atoms with Crippen LogP contribution in [-0.4, -0.2) is 19.6 Å². The van der Waals surface area contributed by atoms with Crippen molar-refractivity contribution in [3.63, 3.8) is 0 Å². The Labute approximate surface area is 448 Å². The molecular formula is C68H56N3OPt-. The van der Waals surface area contributed by atoms with E-state index in [-0.39, 0.29) is 32.2 Å². The van der Waals surface area contributed by atoms with E-state index in [1.165, 1.54) is 0 Å². The van der Waals surface area contributed by atoms with E-state index in [9.17, 15) is 5.11 Å². The molecule has 5 heteroatoms. The monoisotopic (exact) mass is 1130 g/mol. The summed E-state index contributed by atoms with van der Waals surface area (Å²) in [5.41, 5.74) is 17.4. The van der Waals surface area contributed by atoms with Gasteiger partial charge in [0.1, 0.15) is 11.6 Å². The molecule has 2 heterocycles. The number of aromatic hydroxyl groups is 1. The zero-order valence-electron chi connectivity index (χ0n) is 44.5. The van der Waals surface area contributed by atoms with Crippen LogP contribution in [0.15, 0.2) is 225 Å². The van der Waals surface area contributed by atoms with E-state index >= 15 is 0 Å². The molecule has 0 unspecified atom stereocenters. The Kier molecular flexibility index (Phi) is 12.3. The topological polar surface area (TPSA) is 50.9 Å². The van der Waals surface area contributed by atoms with E-state index in [2.05, 4.69) is 173 Å². The van der Waals surface area contributed by atoms with Gasteiger partial charge in [0.2, 0.25) is 0 Å². The fourth-order valence-corrected chi connectivity index (χ4v) is 9.97. The number of phenols is 1. The number of nitrogens with zero attached hydrogens (tertiary/aromatic N) is 3. The maximum atomic E-state index is 12.5. The van der Waals surface area contributed by atoms with Gasteiger partial charge in [0.25, 0.3) is 0 Å². The summed E-state index contributed by atoms with van der Waals surface area (Å²) in [4.78, 5) is 10.7. The number of hydrogen-bond acceptors (Lipinski definition) is 3. The number of aromatic nitrogens is 3. The number of pyridine rings is 1. The molecule has 0 fully saturated rings. The van der Waals surface area contributed by atoms with Crippen LogP contribution in [0.5, 0.6) is 5.75 Å². The molecule has 0 aliphatic carbocycles. The quantitative estimate of drug-likeness (QED) is 0.139. The van der Waals surface area contributed by atoms with Crippen LogP contribution in [0, 0.1) is 12.9 Å². The van der Waals surface area contributed by atoms with Crippen LogP contribution < -0.4 is 0 Å². The Morgan fingerprint density at radius 2 is 1.01 bits per heavy atom. The van der Waals surface area contributed by atoms with Gasteiger partial charge in [0.15, 0.2) is 0 Å². The average Bonchev–Trinajstić information content (AvgIpc) is 3.84. The van der Waals surface area contributed by atoms with Crippen molar-refractivity contribution in [2.75, 3.05) is 0 Å². The minimum Gasteiger partial charge on any atom is -0.507 e. The summed E-state index contributed by atoms with van der Waals surface area (Å²) in [5.74, 6) is 0.751. The standard InChI is InChI=1S/C68H56N3O.Pt/c1-45-34-36-53(37-35-45)68(5,6)54-27-16-26-49(41-54)50-38-39-69-61(44-50)52-40-51(42-55(43-52)67(2,3)4)56-28-19-33-62-63(56)70-66(60-32-18-31-59(65(60)72)48-24-14-9-15-25-48)71(62)64-57(46-20-10-7-11-21-46)29-17-30-58(64)47-22-12-8-13-23-47;/h7-39,41-44,72H,1-6H3;/q-1;/i1D3;. The fourth-order valence-electron chi connectivity index (χ4n) is 9.97. The van der Waals surface area contributed by atoms with Gasteiger partial charge in [0.05, 0.1) is 22.3 Å². The minimum absolute atomic E-state index is 0. The molecule has 4 nitrogen and oxygen atoms in total. The summed E-state index contributed by atoms with van der Waals surface area (Å²) in [5, 5.41) is 12.5. The van der Waals surface area contributed by atoms with Gasteiger partial charge >= 0.3 is 0 Å². The van der Waals surface area contributed by atoms with E-state index in [0.717, 1.165) is 100 Å². The largest absolute Gasteiger partial charge is 0.507 e. The molecule has 0 radical (unpaired) electrons. The van der Waals surface area contributed by atoms with Crippen LogP contribution in [0.25, 0.3) is 95.0 Å². The molecule has 2 aromatic heterocycles. The van der Waals surface area contributed by atoms with Crippen molar-refractivity contribution in [2.24, 2.45) is 0 Å². The summed E-state index contributed by atoms with van der Waals surface area (Å²) >= 11 is 0. The maximum absolute atomic E-state index is 12.5. The van der Waals surface area contributed by atoms with E-state index < -0.39 is 12.3 Å². The molecule has 360 valence electrons. The molecule has 1 N–H and O–H groups in total. The summed E-state index contributed by atoms with van der Waals surface area (Å²) in [7, 11) is 0. The normalized spacial score (nSPS) is 12.4. The molecular weight excluding hydrogens is 1070 g/mol. The molecule has 11 rings (SSSR count). The minimum atomic E-state index is -2.16. The first kappa shape index (κ1) is 45.0. The smallest absolute Gasteiger partial charge is 0.148 e. The van der Waals surface area contributed by atoms with E-state index in [1.54, 1.807) is 12.1 Å². The van der Waals surface area contributed by atoms with Gasteiger partial charge in [-0.3, -0.25) is 9.55 Å². The average molecular weight is 1130 g/mol. The number of fused-ring (bicyclic) bond motifs is 1. The summed E-state index contributed by atoms with van der Waals surface area (Å²) in [6, 6.07) is 78.0. The van der Waals surface area contributed by atoms with Gasteiger partial charge in [0, 0.05) is 59.2 Å². The van der Waals surface area contributed by atoms with Gasteiger partial charge in [-0.2, -0.15) is 0 Å². The molecule has 0 amide bonds. The molecule has 0 aliphatic heterocycles. The van der Waals surface area contributed by atoms with E-state index in [1.807, 2.05) is 85.1 Å². The van der Waals surface area contributed by atoms with Crippen molar-refractivity contribution in [3.05, 3.63) is 253 Å². The number of hydrogen-bond donors (Lipinski definition) is 1. The Balaban J connectivity index is 0.00000657. The van der Waals surface area contributed by atoms with Crippen LogP contribution in [-0.2, 0) is 31.9 Å². The second-order valence-electron chi connectivity index (χ2n) is 20.1. The van der Waals surface area contributed by atoms with Crippen molar-refractivity contribution < 1.29 is 30.3 Å². The van der Waals surface area contributed by atoms with Crippen molar-refractivity contribution >= 4 is 11.0 Å². The SMILES string of the molecule is [2H]C([2H])([2H])c1ccc(C(C)(C)c2cccc(-c3ccnc(-c4[c-]c(-c5cccc6c5nc(-c5cccc(-c7ccccc7)c5O)n6-c5c(-c6ccccc6)cccc5-c5ccccc5)cc(C(C)(C)C)c4)c3)c2)cc1.[Pt]. The molecule has 0 spiro atoms. The van der Waals surface area contributed by atoms with Crippen molar-refractivity contribution in [2.45, 2.75) is 52.3 Å². The summed E-state index contributed by atoms with van der Waals surface area (Å²) in [6.07, 6.45) is 1.87. The van der Waals surface area contributed by atoms with E-state index in [0.29, 0.717) is 17.0 Å². The Hall–Kier alpha value is -7.91. The zero-order chi connectivity index (χ0) is 52.1. The van der Waals surface area contributed by atoms with E-state index in [4.69, 9.17) is 14.1 Å². The van der Waals surface area contributed by atoms with Gasteiger partial charge in [-0.05, 0) is 69.4 Å². The number of para-hydroxylation sites is 3. The first-order valence-electron chi connectivity index (χ1n) is 26.0. The third kappa shape index (κ3) is 9.40. The van der Waals surface area contributed by atoms with Crippen molar-refractivity contribution in [3.8, 4) is 89.7 Å². The van der Waals surface area contributed by atoms with Crippen LogP contribution >= 0.6 is 0 Å². The van der Waals surface area contributed by atoms with Crippen LogP contribution in [0.3, 0.4) is 0 Å². The molecule has 73 heavy (non-hydrogen) atoms. The number of phenolic OH excluding ortho intramolecular Hbond substituents is 1. The Bertz CT molecular complexity index is 3820. The zero-order valence-corrected chi connectivity index (χ0v) is 43.7. The van der Waals surface area contributed by atoms with Gasteiger partial charge in [-0.15, -0.1) is 29.3 Å². The molecule has 11 aromatic rings. The van der Waals surface area contributed by atoms with Crippen molar-refractivity contribution in [1.29, 1.82) is 0 Å². The second-order valence-corrected chi connectivity index (χ2v) is 20.1. The van der Waals surface area contributed by atoms with Gasteiger partial charge in [-0.25, -0.2) is 4.98 Å². The fraction of sp³-hybridized carbons (Fsp3) is 0.118. The van der Waals surface area contributed by atoms with Gasteiger partial charge in [-0.1, -0.05) is 239 Å². The Morgan fingerprint density at radius 1 is 0.479 bits per heavy atom. The molecule has 0 saturated heterocycles. The molecule has 0 bridgehead atoms. The number of rotatable bonds is 10. The molecule has 9 aromatic carbocycles. The Morgan fingerprint density at radius 3 is 1.64 bits per heavy atom. The van der Waals surface area contributed by atoms with Crippen LogP contribution in [0.2, 0.25) is 0 Å². The van der Waals surface area contributed by atoms with Crippen LogP contribution in [0.4, 0.5) is 0 Å². The third-order valence-corrected chi connectivity index (χ3v) is 14.1. The van der Waals surface area contributed by atoms with Crippen LogP contribution in [0.1, 0.15) is 61.0 Å². The summed E-state index contributed by atoms with van der Waals surface area (Å²) < 4.78 is 25.9. The first-order valence-corrected chi connectivity index (χ1v) is 24.5. The van der Waals surface area contributed by atoms with Crippen molar-refractivity contribution in [1.82, 2.24) is 14.5 Å².